The number of rotatable bonds is 3. The van der Waals surface area contributed by atoms with Gasteiger partial charge in [-0.2, -0.15) is 8.78 Å². The molecule has 0 radical (unpaired) electrons. The van der Waals surface area contributed by atoms with Crippen molar-refractivity contribution in [3.05, 3.63) is 23.8 Å². The number of benzene rings is 1. The molecule has 1 aromatic rings. The Labute approximate surface area is 78.0 Å². The van der Waals surface area contributed by atoms with Crippen LogP contribution in [0.2, 0.25) is 0 Å². The van der Waals surface area contributed by atoms with E-state index in [2.05, 4.69) is 9.89 Å². The fraction of sp³-hybridized carbons (Fsp3) is 0.125. The van der Waals surface area contributed by atoms with Crippen LogP contribution in [0.5, 0.6) is 11.5 Å². The topological polar surface area (TPSA) is 62.1 Å². The molecule has 0 aliphatic heterocycles. The van der Waals surface area contributed by atoms with Gasteiger partial charge in [-0.15, -0.1) is 0 Å². The van der Waals surface area contributed by atoms with Crippen LogP contribution >= 0.6 is 0 Å². The average molecular weight is 203 g/mol. The Morgan fingerprint density at radius 1 is 1.43 bits per heavy atom. The van der Waals surface area contributed by atoms with Gasteiger partial charge in [-0.25, -0.2) is 0 Å². The van der Waals surface area contributed by atoms with Crippen LogP contribution in [-0.2, 0) is 0 Å². The Bertz CT molecular complexity index is 341. The molecule has 0 unspecified atom stereocenters. The smallest absolute Gasteiger partial charge is 0.387 e. The minimum absolute atomic E-state index is 0.324. The molecule has 0 bridgehead atoms. The van der Waals surface area contributed by atoms with E-state index in [0.29, 0.717) is 5.56 Å². The second-order valence-electron chi connectivity index (χ2n) is 2.35. The van der Waals surface area contributed by atoms with E-state index < -0.39 is 12.4 Å². The molecular weight excluding hydrogens is 196 g/mol. The van der Waals surface area contributed by atoms with Crippen LogP contribution in [0.15, 0.2) is 23.4 Å². The van der Waals surface area contributed by atoms with Gasteiger partial charge >= 0.3 is 6.61 Å². The van der Waals surface area contributed by atoms with Gasteiger partial charge in [-0.1, -0.05) is 5.16 Å². The summed E-state index contributed by atoms with van der Waals surface area (Å²) in [5, 5.41) is 20.0. The second-order valence-corrected chi connectivity index (χ2v) is 2.35. The molecule has 76 valence electrons. The van der Waals surface area contributed by atoms with Crippen molar-refractivity contribution < 1.29 is 23.8 Å². The molecule has 0 spiro atoms. The van der Waals surface area contributed by atoms with Crippen LogP contribution in [0.25, 0.3) is 0 Å². The van der Waals surface area contributed by atoms with E-state index in [1.807, 2.05) is 0 Å². The number of ether oxygens (including phenoxy) is 1. The number of phenolic OH excluding ortho intramolecular Hbond substituents is 1. The van der Waals surface area contributed by atoms with E-state index >= 15 is 0 Å². The Balaban J connectivity index is 2.89. The molecule has 1 rings (SSSR count). The molecule has 0 saturated heterocycles. The van der Waals surface area contributed by atoms with Gasteiger partial charge in [0.2, 0.25) is 0 Å². The fourth-order valence-electron chi connectivity index (χ4n) is 0.877. The molecule has 0 aliphatic rings. The van der Waals surface area contributed by atoms with E-state index in [0.717, 1.165) is 18.3 Å². The van der Waals surface area contributed by atoms with Gasteiger partial charge in [-0.3, -0.25) is 0 Å². The first kappa shape index (κ1) is 10.2. The fourth-order valence-corrected chi connectivity index (χ4v) is 0.877. The zero-order valence-electron chi connectivity index (χ0n) is 6.89. The lowest BCUT2D eigenvalue weighted by Gasteiger charge is -2.06. The highest BCUT2D eigenvalue weighted by atomic mass is 19.3. The predicted molar refractivity (Wildman–Crippen MR) is 44.1 cm³/mol. The molecule has 6 heteroatoms. The van der Waals surface area contributed by atoms with Crippen molar-refractivity contribution in [3.8, 4) is 11.5 Å². The summed E-state index contributed by atoms with van der Waals surface area (Å²) in [6.07, 6.45) is 1.05. The molecule has 0 aromatic heterocycles. The maximum atomic E-state index is 11.7. The summed E-state index contributed by atoms with van der Waals surface area (Å²) in [7, 11) is 0. The third-order valence-corrected chi connectivity index (χ3v) is 1.41. The van der Waals surface area contributed by atoms with E-state index in [9.17, 15) is 8.78 Å². The number of alkyl halides is 2. The van der Waals surface area contributed by atoms with Crippen molar-refractivity contribution in [2.45, 2.75) is 6.61 Å². The van der Waals surface area contributed by atoms with Gasteiger partial charge in [0, 0.05) is 0 Å². The zero-order chi connectivity index (χ0) is 10.6. The van der Waals surface area contributed by atoms with Crippen molar-refractivity contribution in [2.24, 2.45) is 5.16 Å². The standard InChI is InChI=1S/C8H7F2NO3/c9-8(10)14-7-2-1-5(4-11-13)3-6(7)12/h1-4,8,12-13H/b11-4-. The first-order valence-electron chi connectivity index (χ1n) is 3.58. The minimum Gasteiger partial charge on any atom is -0.504 e. The quantitative estimate of drug-likeness (QED) is 0.447. The Morgan fingerprint density at radius 2 is 2.14 bits per heavy atom. The van der Waals surface area contributed by atoms with Crippen LogP contribution < -0.4 is 4.74 Å². The van der Waals surface area contributed by atoms with Crippen molar-refractivity contribution in [1.29, 1.82) is 0 Å². The van der Waals surface area contributed by atoms with E-state index in [1.165, 1.54) is 6.07 Å². The van der Waals surface area contributed by atoms with Crippen LogP contribution in [0.3, 0.4) is 0 Å². The van der Waals surface area contributed by atoms with Crippen molar-refractivity contribution >= 4 is 6.21 Å². The van der Waals surface area contributed by atoms with Crippen molar-refractivity contribution in [1.82, 2.24) is 0 Å². The van der Waals surface area contributed by atoms with Gasteiger partial charge in [0.1, 0.15) is 0 Å². The summed E-state index contributed by atoms with van der Waals surface area (Å²) in [5.41, 5.74) is 0.367. The van der Waals surface area contributed by atoms with Gasteiger partial charge < -0.3 is 15.1 Å². The first-order valence-corrected chi connectivity index (χ1v) is 3.58. The molecule has 0 saturated carbocycles. The highest BCUT2D eigenvalue weighted by Gasteiger charge is 2.08. The lowest BCUT2D eigenvalue weighted by atomic mass is 10.2. The molecule has 0 heterocycles. The highest BCUT2D eigenvalue weighted by Crippen LogP contribution is 2.27. The SMILES string of the molecule is O/N=C\c1ccc(OC(F)F)c(O)c1. The summed E-state index contributed by atoms with van der Waals surface area (Å²) in [5.74, 6) is -0.766. The Hall–Kier alpha value is -1.85. The van der Waals surface area contributed by atoms with Crippen LogP contribution in [-0.4, -0.2) is 23.1 Å². The predicted octanol–water partition coefficient (Wildman–Crippen LogP) is 1.80. The number of hydrogen-bond acceptors (Lipinski definition) is 4. The van der Waals surface area contributed by atoms with E-state index in [1.54, 1.807) is 0 Å². The van der Waals surface area contributed by atoms with E-state index in [-0.39, 0.29) is 5.75 Å². The van der Waals surface area contributed by atoms with Crippen LogP contribution in [0.4, 0.5) is 8.78 Å². The van der Waals surface area contributed by atoms with E-state index in [4.69, 9.17) is 10.3 Å². The average Bonchev–Trinajstić information content (AvgIpc) is 2.10. The summed E-state index contributed by atoms with van der Waals surface area (Å²) in [6.45, 7) is -2.99. The molecular formula is C8H7F2NO3. The number of hydrogen-bond donors (Lipinski definition) is 2. The summed E-state index contributed by atoms with van der Waals surface area (Å²) >= 11 is 0. The molecule has 0 atom stereocenters. The third-order valence-electron chi connectivity index (χ3n) is 1.41. The molecule has 14 heavy (non-hydrogen) atoms. The monoisotopic (exact) mass is 203 g/mol. The first-order chi connectivity index (χ1) is 6.63. The lowest BCUT2D eigenvalue weighted by molar-refractivity contribution is -0.0512. The van der Waals surface area contributed by atoms with Gasteiger partial charge in [0.15, 0.2) is 11.5 Å². The third kappa shape index (κ3) is 2.58. The number of oxime groups is 1. The number of halogens is 2. The summed E-state index contributed by atoms with van der Waals surface area (Å²) in [6, 6.07) is 3.65. The minimum atomic E-state index is -2.99. The normalized spacial score (nSPS) is 11.1. The Kier molecular flexibility index (Phi) is 3.22. The largest absolute Gasteiger partial charge is 0.504 e. The zero-order valence-corrected chi connectivity index (χ0v) is 6.89. The molecule has 0 fully saturated rings. The molecule has 0 amide bonds. The molecule has 0 aliphatic carbocycles. The molecule has 2 N–H and O–H groups in total. The summed E-state index contributed by atoms with van der Waals surface area (Å²) < 4.78 is 27.5. The highest BCUT2D eigenvalue weighted by molar-refractivity contribution is 5.80. The van der Waals surface area contributed by atoms with Crippen LogP contribution in [0, 0.1) is 0 Å². The second kappa shape index (κ2) is 4.40. The van der Waals surface area contributed by atoms with Gasteiger partial charge in [0.05, 0.1) is 6.21 Å². The molecule has 4 nitrogen and oxygen atoms in total. The number of aromatic hydroxyl groups is 1. The maximum absolute atomic E-state index is 11.7. The summed E-state index contributed by atoms with van der Waals surface area (Å²) in [4.78, 5) is 0. The lowest BCUT2D eigenvalue weighted by Crippen LogP contribution is -2.02. The van der Waals surface area contributed by atoms with Crippen molar-refractivity contribution in [3.63, 3.8) is 0 Å². The number of nitrogens with zero attached hydrogens (tertiary/aromatic N) is 1. The van der Waals surface area contributed by atoms with Crippen molar-refractivity contribution in [2.75, 3.05) is 0 Å². The number of phenols is 1. The maximum Gasteiger partial charge on any atom is 0.387 e. The van der Waals surface area contributed by atoms with Crippen LogP contribution in [0.1, 0.15) is 5.56 Å². The Morgan fingerprint density at radius 3 is 2.64 bits per heavy atom. The van der Waals surface area contributed by atoms with Gasteiger partial charge in [-0.05, 0) is 23.8 Å². The van der Waals surface area contributed by atoms with Gasteiger partial charge in [0.25, 0.3) is 0 Å². The molecule has 1 aromatic carbocycles.